The topological polar surface area (TPSA) is 131 Å². The van der Waals surface area contributed by atoms with Gasteiger partial charge in [-0.2, -0.15) is 5.10 Å². The molecule has 0 aliphatic heterocycles. The molecule has 1 aromatic carbocycles. The molecule has 1 aliphatic carbocycles. The van der Waals surface area contributed by atoms with E-state index in [4.69, 9.17) is 15.5 Å². The summed E-state index contributed by atoms with van der Waals surface area (Å²) in [6.45, 7) is 0. The molecule has 31 heavy (non-hydrogen) atoms. The number of rotatable bonds is 4. The van der Waals surface area contributed by atoms with E-state index in [0.717, 1.165) is 41.0 Å². The number of para-hydroxylation sites is 1. The van der Waals surface area contributed by atoms with Crippen LogP contribution in [0.5, 0.6) is 5.75 Å². The number of anilines is 1. The van der Waals surface area contributed by atoms with Gasteiger partial charge in [-0.3, -0.25) is 4.79 Å². The molecule has 0 spiro atoms. The Kier molecular flexibility index (Phi) is 5.26. The molecule has 0 atom stereocenters. The summed E-state index contributed by atoms with van der Waals surface area (Å²) in [5.41, 5.74) is 9.24. The van der Waals surface area contributed by atoms with Gasteiger partial charge in [-0.25, -0.2) is 14.5 Å². The summed E-state index contributed by atoms with van der Waals surface area (Å²) < 4.78 is 7.22. The van der Waals surface area contributed by atoms with Crippen LogP contribution in [0.15, 0.2) is 30.6 Å². The number of carboxylic acids is 1. The first-order chi connectivity index (χ1) is 14.6. The number of hydrogen-bond acceptors (Lipinski definition) is 6. The molecule has 1 aliphatic rings. The van der Waals surface area contributed by atoms with E-state index < -0.39 is 5.97 Å². The number of hydrogen-bond donors (Lipinski definition) is 3. The fourth-order valence-corrected chi connectivity index (χ4v) is 4.45. The van der Waals surface area contributed by atoms with Crippen LogP contribution >= 0.6 is 0 Å². The first-order valence-electron chi connectivity index (χ1n) is 9.94. The average Bonchev–Trinajstić information content (AvgIpc) is 3.36. The molecule has 0 radical (unpaired) electrons. The van der Waals surface area contributed by atoms with E-state index in [2.05, 4.69) is 15.1 Å². The van der Waals surface area contributed by atoms with Crippen LogP contribution < -0.4 is 10.5 Å². The Morgan fingerprint density at radius 2 is 2.06 bits per heavy atom. The molecule has 0 unspecified atom stereocenters. The van der Waals surface area contributed by atoms with Crippen LogP contribution in [0.3, 0.4) is 0 Å². The highest BCUT2D eigenvalue weighted by atomic mass is 16.5. The van der Waals surface area contributed by atoms with E-state index in [1.807, 2.05) is 24.3 Å². The number of fused-ring (bicyclic) bond motifs is 2. The van der Waals surface area contributed by atoms with Crippen molar-refractivity contribution in [2.24, 2.45) is 5.92 Å². The Labute approximate surface area is 179 Å². The molecule has 9 heteroatoms. The SMILES string of the molecule is C.COc1cccc2cc(-c3nc(C4CCC(C(=O)O)CC4)n4ncnc(N)c34)[nH]c12. The molecule has 4 N–H and O–H groups in total. The second-order valence-corrected chi connectivity index (χ2v) is 7.72. The van der Waals surface area contributed by atoms with Crippen molar-refractivity contribution in [1.29, 1.82) is 0 Å². The molecular formula is C22H26N6O3. The fourth-order valence-electron chi connectivity index (χ4n) is 4.45. The van der Waals surface area contributed by atoms with Crippen molar-refractivity contribution >= 4 is 28.2 Å². The van der Waals surface area contributed by atoms with Crippen LogP contribution in [0.1, 0.15) is 44.9 Å². The van der Waals surface area contributed by atoms with Crippen LogP contribution in [0.25, 0.3) is 27.8 Å². The summed E-state index contributed by atoms with van der Waals surface area (Å²) in [4.78, 5) is 23.8. The molecule has 1 saturated carbocycles. The van der Waals surface area contributed by atoms with Crippen molar-refractivity contribution in [3.8, 4) is 17.1 Å². The number of nitrogens with one attached hydrogen (secondary N) is 1. The second kappa shape index (κ2) is 7.90. The average molecular weight is 422 g/mol. The first-order valence-corrected chi connectivity index (χ1v) is 9.94. The molecular weight excluding hydrogens is 396 g/mol. The predicted octanol–water partition coefficient (Wildman–Crippen LogP) is 3.86. The third-order valence-corrected chi connectivity index (χ3v) is 6.02. The number of nitrogens with two attached hydrogens (primary N) is 1. The number of carboxylic acid groups (broad SMARTS) is 1. The third-order valence-electron chi connectivity index (χ3n) is 6.02. The molecule has 3 heterocycles. The van der Waals surface area contributed by atoms with Crippen molar-refractivity contribution in [1.82, 2.24) is 24.6 Å². The minimum absolute atomic E-state index is 0. The number of ether oxygens (including phenoxy) is 1. The molecule has 3 aromatic heterocycles. The number of methoxy groups -OCH3 is 1. The van der Waals surface area contributed by atoms with Gasteiger partial charge in [0, 0.05) is 11.3 Å². The van der Waals surface area contributed by atoms with Crippen molar-refractivity contribution in [2.45, 2.75) is 39.0 Å². The van der Waals surface area contributed by atoms with Gasteiger partial charge in [-0.15, -0.1) is 0 Å². The summed E-state index contributed by atoms with van der Waals surface area (Å²) in [5.74, 6) is 1.01. The predicted molar refractivity (Wildman–Crippen MR) is 118 cm³/mol. The number of aromatic nitrogens is 5. The van der Waals surface area contributed by atoms with Gasteiger partial charge in [0.15, 0.2) is 5.82 Å². The zero-order valence-corrected chi connectivity index (χ0v) is 16.5. The molecule has 5 rings (SSSR count). The van der Waals surface area contributed by atoms with Gasteiger partial charge in [-0.05, 0) is 37.8 Å². The molecule has 0 saturated heterocycles. The van der Waals surface area contributed by atoms with E-state index in [1.54, 1.807) is 11.6 Å². The van der Waals surface area contributed by atoms with Crippen LogP contribution in [-0.2, 0) is 4.79 Å². The van der Waals surface area contributed by atoms with E-state index >= 15 is 0 Å². The third kappa shape index (κ3) is 3.35. The molecule has 162 valence electrons. The number of nitrogens with zero attached hydrogens (tertiary/aromatic N) is 4. The number of nitrogen functional groups attached to an aromatic ring is 1. The smallest absolute Gasteiger partial charge is 0.306 e. The lowest BCUT2D eigenvalue weighted by Crippen LogP contribution is -2.21. The maximum Gasteiger partial charge on any atom is 0.306 e. The first kappa shape index (κ1) is 20.6. The molecule has 9 nitrogen and oxygen atoms in total. The van der Waals surface area contributed by atoms with Crippen LogP contribution in [0, 0.1) is 5.92 Å². The standard InChI is InChI=1S/C21H22N6O3.CH4/c1-30-15-4-2-3-13-9-14(25-16(13)15)17-18-19(22)23-10-24-27(18)20(26-17)11-5-7-12(8-6-11)21(28)29;/h2-4,9-12,25H,5-8H2,1H3,(H,28,29)(H2,22,23,24);1H4. The van der Waals surface area contributed by atoms with Crippen LogP contribution in [0.2, 0.25) is 0 Å². The summed E-state index contributed by atoms with van der Waals surface area (Å²) >= 11 is 0. The van der Waals surface area contributed by atoms with Gasteiger partial charge < -0.3 is 20.6 Å². The van der Waals surface area contributed by atoms with E-state index in [0.29, 0.717) is 29.9 Å². The van der Waals surface area contributed by atoms with Crippen LogP contribution in [-0.4, -0.2) is 42.8 Å². The maximum absolute atomic E-state index is 11.3. The quantitative estimate of drug-likeness (QED) is 0.455. The Balaban J connectivity index is 0.00000231. The fraction of sp³-hybridized carbons (Fsp3) is 0.364. The zero-order chi connectivity index (χ0) is 20.8. The summed E-state index contributed by atoms with van der Waals surface area (Å²) in [6.07, 6.45) is 4.19. The van der Waals surface area contributed by atoms with Crippen molar-refractivity contribution in [3.63, 3.8) is 0 Å². The van der Waals surface area contributed by atoms with Crippen molar-refractivity contribution in [2.75, 3.05) is 12.8 Å². The molecule has 4 aromatic rings. The lowest BCUT2D eigenvalue weighted by molar-refractivity contribution is -0.142. The Hall–Kier alpha value is -3.62. The number of H-pyrrole nitrogens is 1. The van der Waals surface area contributed by atoms with E-state index in [1.165, 1.54) is 6.33 Å². The van der Waals surface area contributed by atoms with Gasteiger partial charge in [0.2, 0.25) is 0 Å². The largest absolute Gasteiger partial charge is 0.495 e. The Morgan fingerprint density at radius 1 is 1.29 bits per heavy atom. The minimum Gasteiger partial charge on any atom is -0.495 e. The summed E-state index contributed by atoms with van der Waals surface area (Å²) in [6, 6.07) is 7.85. The Bertz CT molecular complexity index is 1250. The number of aromatic amines is 1. The minimum atomic E-state index is -0.722. The highest BCUT2D eigenvalue weighted by Gasteiger charge is 2.31. The number of aliphatic carboxylic acids is 1. The van der Waals surface area contributed by atoms with E-state index in [-0.39, 0.29) is 19.3 Å². The highest BCUT2D eigenvalue weighted by Crippen LogP contribution is 2.39. The monoisotopic (exact) mass is 422 g/mol. The van der Waals surface area contributed by atoms with Gasteiger partial charge in [0.25, 0.3) is 0 Å². The molecule has 0 bridgehead atoms. The lowest BCUT2D eigenvalue weighted by Gasteiger charge is -2.24. The Morgan fingerprint density at radius 3 is 2.77 bits per heavy atom. The second-order valence-electron chi connectivity index (χ2n) is 7.72. The summed E-state index contributed by atoms with van der Waals surface area (Å²) in [7, 11) is 1.64. The highest BCUT2D eigenvalue weighted by molar-refractivity contribution is 5.93. The van der Waals surface area contributed by atoms with Crippen LogP contribution in [0.4, 0.5) is 5.82 Å². The maximum atomic E-state index is 11.3. The molecule has 0 amide bonds. The van der Waals surface area contributed by atoms with Crippen molar-refractivity contribution in [3.05, 3.63) is 36.4 Å². The number of carbonyl (C=O) groups is 1. The van der Waals surface area contributed by atoms with Gasteiger partial charge in [0.1, 0.15) is 29.1 Å². The van der Waals surface area contributed by atoms with Gasteiger partial charge >= 0.3 is 5.97 Å². The lowest BCUT2D eigenvalue weighted by atomic mass is 9.82. The molecule has 1 fully saturated rings. The number of benzene rings is 1. The van der Waals surface area contributed by atoms with E-state index in [9.17, 15) is 9.90 Å². The van der Waals surface area contributed by atoms with Gasteiger partial charge in [-0.1, -0.05) is 19.6 Å². The summed E-state index contributed by atoms with van der Waals surface area (Å²) in [5, 5.41) is 14.7. The van der Waals surface area contributed by atoms with Gasteiger partial charge in [0.05, 0.1) is 24.2 Å². The zero-order valence-electron chi connectivity index (χ0n) is 16.5. The number of imidazole rings is 1. The van der Waals surface area contributed by atoms with Crippen molar-refractivity contribution < 1.29 is 14.6 Å². The normalized spacial score (nSPS) is 18.7.